The second-order valence-corrected chi connectivity index (χ2v) is 5.83. The van der Waals surface area contributed by atoms with Gasteiger partial charge in [0.1, 0.15) is 0 Å². The first-order valence-electron chi connectivity index (χ1n) is 7.80. The van der Waals surface area contributed by atoms with E-state index in [1.807, 2.05) is 47.0 Å². The highest BCUT2D eigenvalue weighted by Gasteiger charge is 2.23. The fourth-order valence-corrected chi connectivity index (χ4v) is 3.08. The van der Waals surface area contributed by atoms with Crippen molar-refractivity contribution in [1.29, 1.82) is 0 Å². The molecule has 5 heteroatoms. The van der Waals surface area contributed by atoms with E-state index in [1.165, 1.54) is 6.42 Å². The number of carbonyl (C=O) groups excluding carboxylic acids is 1. The number of amides is 1. The molecule has 1 aromatic carbocycles. The fourth-order valence-electron chi connectivity index (χ4n) is 3.08. The van der Waals surface area contributed by atoms with Crippen molar-refractivity contribution in [2.45, 2.75) is 12.8 Å². The number of rotatable bonds is 4. The summed E-state index contributed by atoms with van der Waals surface area (Å²) in [5, 5.41) is 3.21. The highest BCUT2D eigenvalue weighted by molar-refractivity contribution is 5.94. The SMILES string of the molecule is CNC[C@H]1CCCN(C(=O)c2ccc(-n3ccnc3)cc2)C1. The minimum Gasteiger partial charge on any atom is -0.338 e. The summed E-state index contributed by atoms with van der Waals surface area (Å²) in [4.78, 5) is 18.7. The van der Waals surface area contributed by atoms with Gasteiger partial charge < -0.3 is 14.8 Å². The van der Waals surface area contributed by atoms with Crippen molar-refractivity contribution < 1.29 is 4.79 Å². The smallest absolute Gasteiger partial charge is 0.253 e. The van der Waals surface area contributed by atoms with Crippen LogP contribution in [0.15, 0.2) is 43.0 Å². The minimum atomic E-state index is 0.137. The molecule has 116 valence electrons. The van der Waals surface area contributed by atoms with E-state index < -0.39 is 0 Å². The molecular formula is C17H22N4O. The molecule has 0 aliphatic carbocycles. The Morgan fingerprint density at radius 2 is 2.18 bits per heavy atom. The Bertz CT molecular complexity index is 604. The minimum absolute atomic E-state index is 0.137. The first-order chi connectivity index (χ1) is 10.8. The van der Waals surface area contributed by atoms with E-state index in [0.29, 0.717) is 5.92 Å². The monoisotopic (exact) mass is 298 g/mol. The molecule has 0 bridgehead atoms. The second kappa shape index (κ2) is 6.75. The number of carbonyl (C=O) groups is 1. The number of nitrogens with zero attached hydrogens (tertiary/aromatic N) is 3. The molecule has 3 rings (SSSR count). The predicted octanol–water partition coefficient (Wildman–Crippen LogP) is 1.94. The standard InChI is InChI=1S/C17H22N4O/c1-18-11-14-3-2-9-20(12-14)17(22)15-4-6-16(7-5-15)21-10-8-19-13-21/h4-8,10,13-14,18H,2-3,9,11-12H2,1H3/t14-/m1/s1. The van der Waals surface area contributed by atoms with Crippen LogP contribution in [0.5, 0.6) is 0 Å². The summed E-state index contributed by atoms with van der Waals surface area (Å²) >= 11 is 0. The van der Waals surface area contributed by atoms with Crippen LogP contribution in [0.25, 0.3) is 5.69 Å². The molecule has 1 fully saturated rings. The zero-order valence-electron chi connectivity index (χ0n) is 12.9. The highest BCUT2D eigenvalue weighted by Crippen LogP contribution is 2.19. The Morgan fingerprint density at radius 1 is 1.36 bits per heavy atom. The van der Waals surface area contributed by atoms with Crippen molar-refractivity contribution in [3.05, 3.63) is 48.5 Å². The average Bonchev–Trinajstić information content (AvgIpc) is 3.09. The Hall–Kier alpha value is -2.14. The van der Waals surface area contributed by atoms with E-state index in [0.717, 1.165) is 37.3 Å². The lowest BCUT2D eigenvalue weighted by Gasteiger charge is -2.32. The summed E-state index contributed by atoms with van der Waals surface area (Å²) in [5.41, 5.74) is 1.77. The van der Waals surface area contributed by atoms with Crippen LogP contribution in [0.1, 0.15) is 23.2 Å². The van der Waals surface area contributed by atoms with E-state index in [2.05, 4.69) is 10.3 Å². The van der Waals surface area contributed by atoms with Crippen LogP contribution in [-0.4, -0.2) is 47.0 Å². The lowest BCUT2D eigenvalue weighted by Crippen LogP contribution is -2.42. The summed E-state index contributed by atoms with van der Waals surface area (Å²) < 4.78 is 1.93. The lowest BCUT2D eigenvalue weighted by atomic mass is 9.97. The molecule has 0 unspecified atom stereocenters. The third-order valence-electron chi connectivity index (χ3n) is 4.22. The normalized spacial score (nSPS) is 18.4. The summed E-state index contributed by atoms with van der Waals surface area (Å²) in [6.45, 7) is 2.69. The van der Waals surface area contributed by atoms with Gasteiger partial charge in [-0.1, -0.05) is 0 Å². The molecule has 1 aliphatic rings. The Balaban J connectivity index is 1.69. The van der Waals surface area contributed by atoms with Crippen LogP contribution in [-0.2, 0) is 0 Å². The fraction of sp³-hybridized carbons (Fsp3) is 0.412. The summed E-state index contributed by atoms with van der Waals surface area (Å²) in [5.74, 6) is 0.700. The number of hydrogen-bond acceptors (Lipinski definition) is 3. The van der Waals surface area contributed by atoms with Crippen molar-refractivity contribution in [3.8, 4) is 5.69 Å². The van der Waals surface area contributed by atoms with Gasteiger partial charge in [-0.05, 0) is 56.6 Å². The number of likely N-dealkylation sites (tertiary alicyclic amines) is 1. The summed E-state index contributed by atoms with van der Waals surface area (Å²) in [7, 11) is 1.97. The molecule has 1 saturated heterocycles. The number of imidazole rings is 1. The molecule has 1 N–H and O–H groups in total. The molecule has 0 spiro atoms. The van der Waals surface area contributed by atoms with Gasteiger partial charge in [0, 0.05) is 36.7 Å². The molecule has 1 aliphatic heterocycles. The van der Waals surface area contributed by atoms with Crippen molar-refractivity contribution >= 4 is 5.91 Å². The molecular weight excluding hydrogens is 276 g/mol. The first-order valence-corrected chi connectivity index (χ1v) is 7.80. The van der Waals surface area contributed by atoms with E-state index in [9.17, 15) is 4.79 Å². The quantitative estimate of drug-likeness (QED) is 0.938. The van der Waals surface area contributed by atoms with Crippen molar-refractivity contribution in [2.24, 2.45) is 5.92 Å². The van der Waals surface area contributed by atoms with Gasteiger partial charge in [-0.2, -0.15) is 0 Å². The maximum atomic E-state index is 12.6. The number of benzene rings is 1. The van der Waals surface area contributed by atoms with Gasteiger partial charge >= 0.3 is 0 Å². The van der Waals surface area contributed by atoms with Crippen LogP contribution < -0.4 is 5.32 Å². The molecule has 1 aromatic heterocycles. The van der Waals surface area contributed by atoms with Gasteiger partial charge in [0.15, 0.2) is 0 Å². The van der Waals surface area contributed by atoms with Gasteiger partial charge in [-0.25, -0.2) is 4.98 Å². The summed E-state index contributed by atoms with van der Waals surface area (Å²) in [6.07, 6.45) is 7.68. The van der Waals surface area contributed by atoms with Gasteiger partial charge in [0.2, 0.25) is 0 Å². The zero-order chi connectivity index (χ0) is 15.4. The van der Waals surface area contributed by atoms with Gasteiger partial charge in [-0.3, -0.25) is 4.79 Å². The summed E-state index contributed by atoms with van der Waals surface area (Å²) in [6, 6.07) is 7.73. The van der Waals surface area contributed by atoms with Gasteiger partial charge in [0.05, 0.1) is 6.33 Å². The number of aromatic nitrogens is 2. The van der Waals surface area contributed by atoms with Crippen LogP contribution in [0, 0.1) is 5.92 Å². The van der Waals surface area contributed by atoms with Gasteiger partial charge in [0.25, 0.3) is 5.91 Å². The zero-order valence-corrected chi connectivity index (χ0v) is 12.9. The van der Waals surface area contributed by atoms with Crippen LogP contribution in [0.4, 0.5) is 0 Å². The van der Waals surface area contributed by atoms with Gasteiger partial charge in [-0.15, -0.1) is 0 Å². The molecule has 22 heavy (non-hydrogen) atoms. The molecule has 5 nitrogen and oxygen atoms in total. The number of piperidine rings is 1. The van der Waals surface area contributed by atoms with Crippen molar-refractivity contribution in [2.75, 3.05) is 26.7 Å². The van der Waals surface area contributed by atoms with Crippen LogP contribution in [0.2, 0.25) is 0 Å². The molecule has 1 amide bonds. The average molecular weight is 298 g/mol. The Labute approximate surface area is 131 Å². The molecule has 0 radical (unpaired) electrons. The number of hydrogen-bond donors (Lipinski definition) is 1. The van der Waals surface area contributed by atoms with E-state index in [4.69, 9.17) is 0 Å². The molecule has 0 saturated carbocycles. The van der Waals surface area contributed by atoms with Crippen molar-refractivity contribution in [3.63, 3.8) is 0 Å². The molecule has 2 aromatic rings. The first kappa shape index (κ1) is 14.8. The largest absolute Gasteiger partial charge is 0.338 e. The maximum absolute atomic E-state index is 12.6. The van der Waals surface area contributed by atoms with E-state index >= 15 is 0 Å². The predicted molar refractivity (Wildman–Crippen MR) is 86.1 cm³/mol. The Morgan fingerprint density at radius 3 is 2.86 bits per heavy atom. The van der Waals surface area contributed by atoms with E-state index in [1.54, 1.807) is 12.5 Å². The van der Waals surface area contributed by atoms with Crippen molar-refractivity contribution in [1.82, 2.24) is 19.8 Å². The lowest BCUT2D eigenvalue weighted by molar-refractivity contribution is 0.0674. The topological polar surface area (TPSA) is 50.2 Å². The Kier molecular flexibility index (Phi) is 4.53. The maximum Gasteiger partial charge on any atom is 0.253 e. The third-order valence-corrected chi connectivity index (χ3v) is 4.22. The molecule has 1 atom stereocenters. The van der Waals surface area contributed by atoms with Crippen LogP contribution >= 0.6 is 0 Å². The molecule has 2 heterocycles. The van der Waals surface area contributed by atoms with E-state index in [-0.39, 0.29) is 5.91 Å². The van der Waals surface area contributed by atoms with Crippen LogP contribution in [0.3, 0.4) is 0 Å². The second-order valence-electron chi connectivity index (χ2n) is 5.83. The number of nitrogens with one attached hydrogen (secondary N) is 1. The third kappa shape index (κ3) is 3.20. The highest BCUT2D eigenvalue weighted by atomic mass is 16.2.